The van der Waals surface area contributed by atoms with E-state index in [1.165, 1.54) is 7.11 Å². The molecule has 0 radical (unpaired) electrons. The van der Waals surface area contributed by atoms with Crippen molar-refractivity contribution < 1.29 is 14.0 Å². The molecule has 6 heteroatoms. The van der Waals surface area contributed by atoms with Crippen LogP contribution in [0.4, 0.5) is 0 Å². The first kappa shape index (κ1) is 10.2. The van der Waals surface area contributed by atoms with Gasteiger partial charge < -0.3 is 14.0 Å². The summed E-state index contributed by atoms with van der Waals surface area (Å²) in [7, 11) is -0.437. The second kappa shape index (κ2) is 3.85. The molecule has 1 unspecified atom stereocenters. The lowest BCUT2D eigenvalue weighted by Gasteiger charge is -2.26. The van der Waals surface area contributed by atoms with E-state index in [0.29, 0.717) is 6.67 Å². The van der Waals surface area contributed by atoms with Gasteiger partial charge in [-0.3, -0.25) is 9.80 Å². The lowest BCUT2D eigenvalue weighted by atomic mass is 10.6. The fraction of sp³-hybridized carbons (Fsp3) is 1.00. The van der Waals surface area contributed by atoms with Gasteiger partial charge >= 0.3 is 0 Å². The first-order valence-corrected chi connectivity index (χ1v) is 5.53. The summed E-state index contributed by atoms with van der Waals surface area (Å²) in [5, 5.41) is 0. The zero-order chi connectivity index (χ0) is 9.19. The quantitative estimate of drug-likeness (QED) is 0.557. The lowest BCUT2D eigenvalue weighted by Crippen LogP contribution is -2.27. The molecule has 0 aromatic heterocycles. The van der Waals surface area contributed by atoms with Crippen LogP contribution in [-0.2, 0) is 9.09 Å². The zero-order valence-electron chi connectivity index (χ0n) is 7.39. The zero-order valence-corrected chi connectivity index (χ0v) is 8.29. The number of rotatable bonds is 3. The molecule has 0 bridgehead atoms. The SMILES string of the molecule is COP(=O)([O-])CN1CCN(C)C1. The highest BCUT2D eigenvalue weighted by atomic mass is 31.2. The van der Waals surface area contributed by atoms with Crippen LogP contribution in [-0.4, -0.2) is 50.0 Å². The molecule has 72 valence electrons. The van der Waals surface area contributed by atoms with Crippen molar-refractivity contribution in [1.82, 2.24) is 9.80 Å². The van der Waals surface area contributed by atoms with Gasteiger partial charge in [0.25, 0.3) is 0 Å². The fourth-order valence-corrected chi connectivity index (χ4v) is 2.05. The predicted octanol–water partition coefficient (Wildman–Crippen LogP) is -0.651. The van der Waals surface area contributed by atoms with Gasteiger partial charge in [0, 0.05) is 20.2 Å². The van der Waals surface area contributed by atoms with Crippen LogP contribution in [0.25, 0.3) is 0 Å². The first-order valence-electron chi connectivity index (χ1n) is 3.80. The molecule has 1 atom stereocenters. The number of hydrogen-bond acceptors (Lipinski definition) is 5. The topological polar surface area (TPSA) is 55.8 Å². The third-order valence-corrected chi connectivity index (χ3v) is 3.19. The number of hydrogen-bond donors (Lipinski definition) is 0. The predicted molar refractivity (Wildman–Crippen MR) is 43.7 cm³/mol. The Morgan fingerprint density at radius 1 is 1.58 bits per heavy atom. The van der Waals surface area contributed by atoms with Crippen molar-refractivity contribution >= 4 is 7.60 Å². The van der Waals surface area contributed by atoms with Gasteiger partial charge in [0.15, 0.2) is 0 Å². The van der Waals surface area contributed by atoms with Crippen LogP contribution in [0.5, 0.6) is 0 Å². The molecule has 5 nitrogen and oxygen atoms in total. The van der Waals surface area contributed by atoms with Gasteiger partial charge in [-0.2, -0.15) is 0 Å². The summed E-state index contributed by atoms with van der Waals surface area (Å²) in [5.74, 6) is 0. The van der Waals surface area contributed by atoms with Gasteiger partial charge in [-0.1, -0.05) is 0 Å². The highest BCUT2D eigenvalue weighted by molar-refractivity contribution is 7.51. The van der Waals surface area contributed by atoms with E-state index < -0.39 is 7.60 Å². The maximum Gasteiger partial charge on any atom is 0.148 e. The highest BCUT2D eigenvalue weighted by Gasteiger charge is 2.20. The van der Waals surface area contributed by atoms with Crippen molar-refractivity contribution in [3.05, 3.63) is 0 Å². The summed E-state index contributed by atoms with van der Waals surface area (Å²) in [6.07, 6.45) is 0.0217. The van der Waals surface area contributed by atoms with E-state index in [2.05, 4.69) is 9.42 Å². The van der Waals surface area contributed by atoms with Crippen molar-refractivity contribution in [2.75, 3.05) is 40.2 Å². The molecule has 1 heterocycles. The van der Waals surface area contributed by atoms with Crippen molar-refractivity contribution in [2.45, 2.75) is 0 Å². The molecule has 12 heavy (non-hydrogen) atoms. The van der Waals surface area contributed by atoms with E-state index in [1.54, 1.807) is 0 Å². The minimum Gasteiger partial charge on any atom is -0.778 e. The Morgan fingerprint density at radius 3 is 2.67 bits per heavy atom. The van der Waals surface area contributed by atoms with Crippen molar-refractivity contribution in [2.24, 2.45) is 0 Å². The Kier molecular flexibility index (Phi) is 3.26. The van der Waals surface area contributed by atoms with Crippen LogP contribution >= 0.6 is 7.60 Å². The average molecular weight is 193 g/mol. The molecule has 1 aliphatic rings. The summed E-state index contributed by atoms with van der Waals surface area (Å²) in [6, 6.07) is 0. The molecular weight excluding hydrogens is 179 g/mol. The number of likely N-dealkylation sites (N-methyl/N-ethyl adjacent to an activating group) is 1. The summed E-state index contributed by atoms with van der Waals surface area (Å²) < 4.78 is 15.4. The Morgan fingerprint density at radius 2 is 2.25 bits per heavy atom. The standard InChI is InChI=1S/C6H15N2O3P/c1-7-3-4-8(5-7)6-12(9,10)11-2/h3-6H2,1-2H3,(H,9,10)/p-1. The molecule has 1 saturated heterocycles. The summed E-state index contributed by atoms with van der Waals surface area (Å²) in [5.41, 5.74) is 0. The largest absolute Gasteiger partial charge is 0.778 e. The third-order valence-electron chi connectivity index (χ3n) is 1.89. The smallest absolute Gasteiger partial charge is 0.148 e. The second-order valence-corrected chi connectivity index (χ2v) is 4.92. The first-order chi connectivity index (χ1) is 5.53. The normalized spacial score (nSPS) is 25.9. The molecule has 0 aromatic rings. The molecule has 0 spiro atoms. The minimum absolute atomic E-state index is 0.0217. The van der Waals surface area contributed by atoms with Gasteiger partial charge in [-0.25, -0.2) is 0 Å². The molecule has 1 aliphatic heterocycles. The average Bonchev–Trinajstić information content (AvgIpc) is 2.35. The van der Waals surface area contributed by atoms with Gasteiger partial charge in [-0.15, -0.1) is 0 Å². The van der Waals surface area contributed by atoms with Crippen LogP contribution in [0.2, 0.25) is 0 Å². The second-order valence-electron chi connectivity index (χ2n) is 3.05. The van der Waals surface area contributed by atoms with E-state index >= 15 is 0 Å². The van der Waals surface area contributed by atoms with Crippen LogP contribution in [0.3, 0.4) is 0 Å². The molecule has 0 aliphatic carbocycles. The Labute approximate surface area is 72.4 Å². The van der Waals surface area contributed by atoms with Crippen LogP contribution < -0.4 is 4.89 Å². The van der Waals surface area contributed by atoms with Crippen LogP contribution in [0.1, 0.15) is 0 Å². The van der Waals surface area contributed by atoms with Crippen molar-refractivity contribution in [3.8, 4) is 0 Å². The number of nitrogens with zero attached hydrogens (tertiary/aromatic N) is 2. The molecule has 0 amide bonds. The Hall–Kier alpha value is 0.0700. The summed E-state index contributed by atoms with van der Waals surface area (Å²) >= 11 is 0. The Balaban J connectivity index is 2.37. The summed E-state index contributed by atoms with van der Waals surface area (Å²) in [4.78, 5) is 14.9. The highest BCUT2D eigenvalue weighted by Crippen LogP contribution is 2.36. The van der Waals surface area contributed by atoms with E-state index in [0.717, 1.165) is 13.1 Å². The minimum atomic E-state index is -3.60. The summed E-state index contributed by atoms with van der Waals surface area (Å²) in [6.45, 7) is 2.42. The van der Waals surface area contributed by atoms with Gasteiger partial charge in [0.05, 0.1) is 13.0 Å². The maximum atomic E-state index is 11.0. The van der Waals surface area contributed by atoms with Crippen LogP contribution in [0.15, 0.2) is 0 Å². The van der Waals surface area contributed by atoms with E-state index in [9.17, 15) is 9.46 Å². The van der Waals surface area contributed by atoms with Gasteiger partial charge in [-0.05, 0) is 7.05 Å². The van der Waals surface area contributed by atoms with E-state index in [-0.39, 0.29) is 6.29 Å². The maximum absolute atomic E-state index is 11.0. The molecular formula is C6H14N2O3P-. The fourth-order valence-electron chi connectivity index (χ4n) is 1.21. The lowest BCUT2D eigenvalue weighted by molar-refractivity contribution is -0.198. The third kappa shape index (κ3) is 2.84. The molecule has 0 aromatic carbocycles. The molecule has 0 N–H and O–H groups in total. The van der Waals surface area contributed by atoms with Crippen molar-refractivity contribution in [1.29, 1.82) is 0 Å². The van der Waals surface area contributed by atoms with Crippen LogP contribution in [0, 0.1) is 0 Å². The van der Waals surface area contributed by atoms with Crippen molar-refractivity contribution in [3.63, 3.8) is 0 Å². The van der Waals surface area contributed by atoms with E-state index in [4.69, 9.17) is 0 Å². The van der Waals surface area contributed by atoms with Gasteiger partial charge in [0.1, 0.15) is 7.60 Å². The molecule has 0 saturated carbocycles. The Bertz CT molecular complexity index is 199. The van der Waals surface area contributed by atoms with Gasteiger partial charge in [0.2, 0.25) is 0 Å². The monoisotopic (exact) mass is 193 g/mol. The van der Waals surface area contributed by atoms with E-state index in [1.807, 2.05) is 11.9 Å². The molecule has 1 rings (SSSR count). The molecule has 1 fully saturated rings.